The van der Waals surface area contributed by atoms with Crippen molar-refractivity contribution in [3.05, 3.63) is 17.8 Å². The van der Waals surface area contributed by atoms with Gasteiger partial charge in [0.15, 0.2) is 0 Å². The van der Waals surface area contributed by atoms with Crippen LogP contribution in [0.5, 0.6) is 5.88 Å². The third kappa shape index (κ3) is 1.90. The molecule has 1 heterocycles. The van der Waals surface area contributed by atoms with Crippen molar-refractivity contribution in [3.8, 4) is 5.88 Å². The van der Waals surface area contributed by atoms with Crippen molar-refractivity contribution in [1.29, 1.82) is 0 Å². The summed E-state index contributed by atoms with van der Waals surface area (Å²) in [6.07, 6.45) is 9.76. The third-order valence-corrected chi connectivity index (χ3v) is 5.35. The second-order valence-electron chi connectivity index (χ2n) is 7.09. The molecule has 19 heavy (non-hydrogen) atoms. The summed E-state index contributed by atoms with van der Waals surface area (Å²) >= 11 is 0. The quantitative estimate of drug-likeness (QED) is 0.885. The maximum atomic E-state index is 6.43. The zero-order valence-electron chi connectivity index (χ0n) is 11.6. The Bertz CT molecular complexity index is 476. The van der Waals surface area contributed by atoms with Crippen LogP contribution < -0.4 is 10.5 Å². The average Bonchev–Trinajstić information content (AvgIpc) is 2.31. The highest BCUT2D eigenvalue weighted by Crippen LogP contribution is 2.57. The van der Waals surface area contributed by atoms with E-state index in [9.17, 15) is 0 Å². The van der Waals surface area contributed by atoms with Gasteiger partial charge in [0.05, 0.1) is 11.9 Å². The van der Waals surface area contributed by atoms with E-state index in [1.54, 1.807) is 6.20 Å². The summed E-state index contributed by atoms with van der Waals surface area (Å²) in [4.78, 5) is 4.41. The van der Waals surface area contributed by atoms with E-state index in [4.69, 9.17) is 10.5 Å². The fourth-order valence-electron chi connectivity index (χ4n) is 5.05. The molecule has 3 heteroatoms. The molecular weight excluding hydrogens is 236 g/mol. The van der Waals surface area contributed by atoms with Crippen molar-refractivity contribution in [2.45, 2.75) is 51.0 Å². The lowest BCUT2D eigenvalue weighted by molar-refractivity contribution is -0.109. The molecule has 1 aromatic rings. The summed E-state index contributed by atoms with van der Waals surface area (Å²) in [6.45, 7) is 2.04. The van der Waals surface area contributed by atoms with Gasteiger partial charge in [-0.2, -0.15) is 0 Å². The molecule has 4 fully saturated rings. The van der Waals surface area contributed by atoms with Crippen LogP contribution in [0.25, 0.3) is 0 Å². The Labute approximate surface area is 114 Å². The fourth-order valence-corrected chi connectivity index (χ4v) is 5.05. The molecule has 102 valence electrons. The van der Waals surface area contributed by atoms with Crippen molar-refractivity contribution >= 4 is 5.69 Å². The molecule has 1 aromatic heterocycles. The normalized spacial score (nSPS) is 39.5. The fraction of sp³-hybridized carbons (Fsp3) is 0.688. The summed E-state index contributed by atoms with van der Waals surface area (Å²) < 4.78 is 6.43. The Balaban J connectivity index is 1.62. The minimum atomic E-state index is 0.0859. The smallest absolute Gasteiger partial charge is 0.216 e. The molecule has 0 saturated heterocycles. The molecule has 3 nitrogen and oxygen atoms in total. The molecule has 0 amide bonds. The minimum Gasteiger partial charge on any atom is -0.471 e. The van der Waals surface area contributed by atoms with Crippen molar-refractivity contribution in [3.63, 3.8) is 0 Å². The van der Waals surface area contributed by atoms with E-state index < -0.39 is 0 Å². The molecule has 0 radical (unpaired) electrons. The molecule has 0 spiro atoms. The van der Waals surface area contributed by atoms with Crippen LogP contribution in [-0.2, 0) is 0 Å². The molecule has 4 saturated carbocycles. The van der Waals surface area contributed by atoms with Crippen molar-refractivity contribution in [2.24, 2.45) is 17.8 Å². The van der Waals surface area contributed by atoms with Crippen LogP contribution in [0.4, 0.5) is 5.69 Å². The molecule has 0 atom stereocenters. The predicted octanol–water partition coefficient (Wildman–Crippen LogP) is 3.32. The number of nitrogens with two attached hydrogens (primary N) is 1. The standard InChI is InChI=1S/C16H22N2O/c1-10-2-14(17)9-18-15(10)19-16-6-11-3-12(7-16)5-13(4-11)8-16/h2,9,11-13H,3-8,17H2,1H3. The third-order valence-electron chi connectivity index (χ3n) is 5.35. The molecule has 4 bridgehead atoms. The van der Waals surface area contributed by atoms with Crippen LogP contribution in [0.15, 0.2) is 12.3 Å². The predicted molar refractivity (Wildman–Crippen MR) is 74.9 cm³/mol. The Hall–Kier alpha value is -1.25. The molecule has 5 rings (SSSR count). The number of nitrogen functional groups attached to an aromatic ring is 1. The lowest BCUT2D eigenvalue weighted by atomic mass is 9.54. The monoisotopic (exact) mass is 258 g/mol. The van der Waals surface area contributed by atoms with E-state index in [2.05, 4.69) is 4.98 Å². The Morgan fingerprint density at radius 1 is 1.16 bits per heavy atom. The zero-order chi connectivity index (χ0) is 13.0. The topological polar surface area (TPSA) is 48.1 Å². The maximum absolute atomic E-state index is 6.43. The number of pyridine rings is 1. The average molecular weight is 258 g/mol. The van der Waals surface area contributed by atoms with Gasteiger partial charge in [0.1, 0.15) is 5.60 Å². The van der Waals surface area contributed by atoms with Gasteiger partial charge in [-0.25, -0.2) is 4.98 Å². The van der Waals surface area contributed by atoms with E-state index >= 15 is 0 Å². The van der Waals surface area contributed by atoms with E-state index in [1.807, 2.05) is 13.0 Å². The van der Waals surface area contributed by atoms with Gasteiger partial charge in [-0.15, -0.1) is 0 Å². The maximum Gasteiger partial charge on any atom is 0.216 e. The number of anilines is 1. The minimum absolute atomic E-state index is 0.0859. The Morgan fingerprint density at radius 2 is 1.74 bits per heavy atom. The second kappa shape index (κ2) is 3.87. The van der Waals surface area contributed by atoms with Gasteiger partial charge in [-0.3, -0.25) is 0 Å². The summed E-state index contributed by atoms with van der Waals surface area (Å²) in [5.41, 5.74) is 7.64. The molecule has 2 N–H and O–H groups in total. The molecule has 0 aromatic carbocycles. The van der Waals surface area contributed by atoms with Gasteiger partial charge < -0.3 is 10.5 Å². The number of aromatic nitrogens is 1. The number of hydrogen-bond donors (Lipinski definition) is 1. The van der Waals surface area contributed by atoms with Crippen LogP contribution in [0.1, 0.15) is 44.1 Å². The van der Waals surface area contributed by atoms with Crippen molar-refractivity contribution in [2.75, 3.05) is 5.73 Å². The number of hydrogen-bond acceptors (Lipinski definition) is 3. The van der Waals surface area contributed by atoms with Crippen LogP contribution in [0, 0.1) is 24.7 Å². The lowest BCUT2D eigenvalue weighted by Crippen LogP contribution is -2.53. The van der Waals surface area contributed by atoms with E-state index in [-0.39, 0.29) is 5.60 Å². The van der Waals surface area contributed by atoms with Gasteiger partial charge in [0, 0.05) is 5.56 Å². The Morgan fingerprint density at radius 3 is 2.26 bits per heavy atom. The largest absolute Gasteiger partial charge is 0.471 e. The lowest BCUT2D eigenvalue weighted by Gasteiger charge is -2.56. The van der Waals surface area contributed by atoms with Crippen molar-refractivity contribution < 1.29 is 4.74 Å². The highest BCUT2D eigenvalue weighted by molar-refractivity contribution is 5.42. The van der Waals surface area contributed by atoms with E-state index in [0.29, 0.717) is 0 Å². The van der Waals surface area contributed by atoms with Crippen LogP contribution in [0.2, 0.25) is 0 Å². The van der Waals surface area contributed by atoms with Gasteiger partial charge in [-0.1, -0.05) is 0 Å². The first-order valence-electron chi connectivity index (χ1n) is 7.53. The van der Waals surface area contributed by atoms with E-state index in [0.717, 1.165) is 34.9 Å². The van der Waals surface area contributed by atoms with Crippen LogP contribution >= 0.6 is 0 Å². The first-order chi connectivity index (χ1) is 9.12. The van der Waals surface area contributed by atoms with Gasteiger partial charge in [0.2, 0.25) is 5.88 Å². The summed E-state index contributed by atoms with van der Waals surface area (Å²) in [5.74, 6) is 3.51. The Kier molecular flexibility index (Phi) is 2.36. The highest BCUT2D eigenvalue weighted by atomic mass is 16.5. The number of ether oxygens (including phenoxy) is 1. The van der Waals surface area contributed by atoms with Gasteiger partial charge >= 0.3 is 0 Å². The van der Waals surface area contributed by atoms with Crippen molar-refractivity contribution in [1.82, 2.24) is 4.98 Å². The number of aryl methyl sites for hydroxylation is 1. The van der Waals surface area contributed by atoms with Gasteiger partial charge in [0.25, 0.3) is 0 Å². The van der Waals surface area contributed by atoms with Gasteiger partial charge in [-0.05, 0) is 69.3 Å². The number of rotatable bonds is 2. The zero-order valence-corrected chi connectivity index (χ0v) is 11.6. The van der Waals surface area contributed by atoms with Crippen LogP contribution in [0.3, 0.4) is 0 Å². The molecule has 0 unspecified atom stereocenters. The SMILES string of the molecule is Cc1cc(N)cnc1OC12CC3CC(CC(C3)C1)C2. The van der Waals surface area contributed by atoms with Crippen LogP contribution in [-0.4, -0.2) is 10.6 Å². The highest BCUT2D eigenvalue weighted by Gasteiger charge is 2.52. The first kappa shape index (κ1) is 11.6. The first-order valence-corrected chi connectivity index (χ1v) is 7.53. The number of nitrogens with zero attached hydrogens (tertiary/aromatic N) is 1. The summed E-state index contributed by atoms with van der Waals surface area (Å²) in [7, 11) is 0. The second-order valence-corrected chi connectivity index (χ2v) is 7.09. The molecule has 4 aliphatic rings. The van der Waals surface area contributed by atoms with E-state index in [1.165, 1.54) is 38.5 Å². The summed E-state index contributed by atoms with van der Waals surface area (Å²) in [5, 5.41) is 0. The molecule has 0 aliphatic heterocycles. The molecule has 4 aliphatic carbocycles. The molecular formula is C16H22N2O. The summed E-state index contributed by atoms with van der Waals surface area (Å²) in [6, 6.07) is 1.96.